The zero-order chi connectivity index (χ0) is 24.7. The number of nitrogens with zero attached hydrogens (tertiary/aromatic N) is 1. The van der Waals surface area contributed by atoms with E-state index < -0.39 is 23.1 Å². The molecule has 3 rings (SSSR count). The van der Waals surface area contributed by atoms with E-state index in [0.717, 1.165) is 5.57 Å². The topological polar surface area (TPSA) is 108 Å². The minimum Gasteiger partial charge on any atom is -0.502 e. The largest absolute Gasteiger partial charge is 0.502 e. The summed E-state index contributed by atoms with van der Waals surface area (Å²) in [5, 5.41) is 10.6. The number of benzene rings is 1. The van der Waals surface area contributed by atoms with Crippen molar-refractivity contribution in [3.63, 3.8) is 0 Å². The van der Waals surface area contributed by atoms with Gasteiger partial charge in [-0.25, -0.2) is 0 Å². The van der Waals surface area contributed by atoms with E-state index in [1.54, 1.807) is 18.2 Å². The molecule has 0 bridgehead atoms. The van der Waals surface area contributed by atoms with E-state index in [4.69, 9.17) is 23.4 Å². The van der Waals surface area contributed by atoms with E-state index in [1.807, 2.05) is 6.92 Å². The Labute approximate surface area is 198 Å². The van der Waals surface area contributed by atoms with Gasteiger partial charge in [0.25, 0.3) is 0 Å². The molecule has 1 aromatic heterocycles. The molecule has 0 unspecified atom stereocenters. The number of methoxy groups -OCH3 is 2. The molecule has 184 valence electrons. The molecule has 1 saturated heterocycles. The third-order valence-electron chi connectivity index (χ3n) is 5.46. The van der Waals surface area contributed by atoms with Crippen LogP contribution in [0.5, 0.6) is 17.2 Å². The van der Waals surface area contributed by atoms with Crippen molar-refractivity contribution >= 4 is 5.97 Å². The molecule has 1 aliphatic heterocycles. The lowest BCUT2D eigenvalue weighted by Gasteiger charge is -2.26. The predicted molar refractivity (Wildman–Crippen MR) is 125 cm³/mol. The summed E-state index contributed by atoms with van der Waals surface area (Å²) in [7, 11) is 2.78. The van der Waals surface area contributed by atoms with Crippen molar-refractivity contribution < 1.29 is 33.3 Å². The predicted octanol–water partition coefficient (Wildman–Crippen LogP) is 2.84. The van der Waals surface area contributed by atoms with Crippen LogP contribution < -0.4 is 14.9 Å². The molecule has 0 radical (unpaired) electrons. The normalized spacial score (nSPS) is 14.9. The number of aromatic hydroxyl groups is 1. The van der Waals surface area contributed by atoms with Crippen molar-refractivity contribution in [1.82, 2.24) is 4.90 Å². The molecule has 9 nitrogen and oxygen atoms in total. The van der Waals surface area contributed by atoms with Crippen molar-refractivity contribution in [3.05, 3.63) is 63.7 Å². The average molecular weight is 474 g/mol. The molecule has 1 fully saturated rings. The Morgan fingerprint density at radius 3 is 2.59 bits per heavy atom. The van der Waals surface area contributed by atoms with Gasteiger partial charge < -0.3 is 28.5 Å². The van der Waals surface area contributed by atoms with Crippen LogP contribution in [-0.4, -0.2) is 63.1 Å². The lowest BCUT2D eigenvalue weighted by atomic mass is 9.91. The molecule has 1 aromatic carbocycles. The molecule has 0 amide bonds. The van der Waals surface area contributed by atoms with Gasteiger partial charge in [-0.15, -0.1) is 0 Å². The maximum absolute atomic E-state index is 12.6. The summed E-state index contributed by atoms with van der Waals surface area (Å²) < 4.78 is 27.4. The molecule has 2 aromatic rings. The van der Waals surface area contributed by atoms with E-state index in [-0.39, 0.29) is 12.2 Å². The van der Waals surface area contributed by atoms with E-state index >= 15 is 0 Å². The van der Waals surface area contributed by atoms with Crippen LogP contribution in [-0.2, 0) is 20.8 Å². The third kappa shape index (κ3) is 6.39. The Morgan fingerprint density at radius 2 is 1.94 bits per heavy atom. The Morgan fingerprint density at radius 1 is 1.21 bits per heavy atom. The highest BCUT2D eigenvalue weighted by Gasteiger charge is 2.28. The van der Waals surface area contributed by atoms with Gasteiger partial charge in [0.15, 0.2) is 17.3 Å². The second-order valence-corrected chi connectivity index (χ2v) is 8.17. The highest BCUT2D eigenvalue weighted by Crippen LogP contribution is 2.38. The SMILES string of the molecule is C=C(C)COc1ccc([C@@H](CC(=O)OC)c2oc(CN3CCOCC3)cc(=O)c2O)cc1OC. The monoisotopic (exact) mass is 473 g/mol. The van der Waals surface area contributed by atoms with Gasteiger partial charge in [0.1, 0.15) is 12.4 Å². The van der Waals surface area contributed by atoms with Gasteiger partial charge in [0.2, 0.25) is 11.2 Å². The fraction of sp³-hybridized carbons (Fsp3) is 0.440. The molecular weight excluding hydrogens is 442 g/mol. The summed E-state index contributed by atoms with van der Waals surface area (Å²) in [4.78, 5) is 26.9. The van der Waals surface area contributed by atoms with Gasteiger partial charge in [-0.05, 0) is 30.2 Å². The van der Waals surface area contributed by atoms with Gasteiger partial charge in [0.05, 0.1) is 46.3 Å². The average Bonchev–Trinajstić information content (AvgIpc) is 2.83. The van der Waals surface area contributed by atoms with Gasteiger partial charge >= 0.3 is 5.97 Å². The van der Waals surface area contributed by atoms with Crippen molar-refractivity contribution in [3.8, 4) is 17.2 Å². The first kappa shape index (κ1) is 25.3. The van der Waals surface area contributed by atoms with Crippen LogP contribution >= 0.6 is 0 Å². The van der Waals surface area contributed by atoms with Crippen LogP contribution in [0.15, 0.2) is 45.6 Å². The molecule has 0 aliphatic carbocycles. The van der Waals surface area contributed by atoms with Crippen LogP contribution in [0.3, 0.4) is 0 Å². The first-order chi connectivity index (χ1) is 16.3. The van der Waals surface area contributed by atoms with Gasteiger partial charge in [-0.1, -0.05) is 12.6 Å². The summed E-state index contributed by atoms with van der Waals surface area (Å²) in [6, 6.07) is 6.40. The molecule has 1 atom stereocenters. The fourth-order valence-corrected chi connectivity index (χ4v) is 3.68. The van der Waals surface area contributed by atoms with Crippen molar-refractivity contribution in [1.29, 1.82) is 0 Å². The number of rotatable bonds is 10. The second kappa shape index (κ2) is 11.7. The lowest BCUT2D eigenvalue weighted by Crippen LogP contribution is -2.35. The zero-order valence-corrected chi connectivity index (χ0v) is 19.8. The van der Waals surface area contributed by atoms with Gasteiger partial charge in [-0.3, -0.25) is 14.5 Å². The van der Waals surface area contributed by atoms with Gasteiger partial charge in [0, 0.05) is 19.2 Å². The number of carbonyl (C=O) groups excluding carboxylic acids is 1. The smallest absolute Gasteiger partial charge is 0.306 e. The van der Waals surface area contributed by atoms with Crippen LogP contribution in [0.2, 0.25) is 0 Å². The molecular formula is C25H31NO8. The summed E-state index contributed by atoms with van der Waals surface area (Å²) in [6.07, 6.45) is -0.150. The Bertz CT molecular complexity index is 1070. The van der Waals surface area contributed by atoms with Crippen LogP contribution in [0.25, 0.3) is 0 Å². The maximum Gasteiger partial charge on any atom is 0.306 e. The minimum absolute atomic E-state index is 0.00110. The maximum atomic E-state index is 12.6. The fourth-order valence-electron chi connectivity index (χ4n) is 3.68. The first-order valence-corrected chi connectivity index (χ1v) is 11.0. The molecule has 0 saturated carbocycles. The number of esters is 1. The molecule has 2 heterocycles. The number of ether oxygens (including phenoxy) is 4. The summed E-state index contributed by atoms with van der Waals surface area (Å²) >= 11 is 0. The molecule has 9 heteroatoms. The zero-order valence-electron chi connectivity index (χ0n) is 19.8. The number of morpholine rings is 1. The highest BCUT2D eigenvalue weighted by atomic mass is 16.5. The van der Waals surface area contributed by atoms with Crippen LogP contribution in [0, 0.1) is 0 Å². The Kier molecular flexibility index (Phi) is 8.72. The Hall–Kier alpha value is -3.30. The van der Waals surface area contributed by atoms with Crippen LogP contribution in [0.4, 0.5) is 0 Å². The quantitative estimate of drug-likeness (QED) is 0.412. The lowest BCUT2D eigenvalue weighted by molar-refractivity contribution is -0.140. The molecule has 0 spiro atoms. The first-order valence-electron chi connectivity index (χ1n) is 11.0. The minimum atomic E-state index is -0.783. The number of carbonyl (C=O) groups is 1. The number of hydrogen-bond donors (Lipinski definition) is 1. The van der Waals surface area contributed by atoms with E-state index in [9.17, 15) is 14.7 Å². The number of hydrogen-bond acceptors (Lipinski definition) is 9. The van der Waals surface area contributed by atoms with Crippen molar-refractivity contribution in [2.45, 2.75) is 25.8 Å². The standard InChI is InChI=1S/C25H31NO8/c1-16(2)15-33-21-6-5-17(11-22(21)30-3)19(13-23(28)31-4)25-24(29)20(27)12-18(34-25)14-26-7-9-32-10-8-26/h5-6,11-12,19,29H,1,7-10,13-15H2,2-4H3/t19-/m1/s1. The molecule has 1 aliphatic rings. The summed E-state index contributed by atoms with van der Waals surface area (Å²) in [5.74, 6) is -0.526. The van der Waals surface area contributed by atoms with E-state index in [2.05, 4.69) is 11.5 Å². The second-order valence-electron chi connectivity index (χ2n) is 8.17. The third-order valence-corrected chi connectivity index (χ3v) is 5.46. The summed E-state index contributed by atoms with van der Waals surface area (Å²) in [6.45, 7) is 8.98. The highest BCUT2D eigenvalue weighted by molar-refractivity contribution is 5.71. The molecule has 34 heavy (non-hydrogen) atoms. The van der Waals surface area contributed by atoms with Gasteiger partial charge in [-0.2, -0.15) is 0 Å². The molecule has 1 N–H and O–H groups in total. The van der Waals surface area contributed by atoms with Crippen LogP contribution in [0.1, 0.15) is 36.3 Å². The van der Waals surface area contributed by atoms with Crippen molar-refractivity contribution in [2.75, 3.05) is 47.1 Å². The van der Waals surface area contributed by atoms with Crippen molar-refractivity contribution in [2.24, 2.45) is 0 Å². The van der Waals surface area contributed by atoms with E-state index in [1.165, 1.54) is 20.3 Å². The Balaban J connectivity index is 2.01. The summed E-state index contributed by atoms with van der Waals surface area (Å²) in [5.41, 5.74) is 0.859. The van der Waals surface area contributed by atoms with E-state index in [0.29, 0.717) is 62.3 Å².